The maximum absolute atomic E-state index is 12.7. The molecule has 1 heteroatoms. The molecular formula is C16H18O. The van der Waals surface area contributed by atoms with Gasteiger partial charge >= 0.3 is 0 Å². The molecule has 1 nitrogen and oxygen atoms in total. The van der Waals surface area contributed by atoms with E-state index in [0.29, 0.717) is 11.7 Å². The lowest BCUT2D eigenvalue weighted by Crippen LogP contribution is -2.55. The van der Waals surface area contributed by atoms with Crippen molar-refractivity contribution in [1.29, 1.82) is 0 Å². The third-order valence-electron chi connectivity index (χ3n) is 5.35. The van der Waals surface area contributed by atoms with Gasteiger partial charge in [0, 0.05) is 5.92 Å². The smallest absolute Gasteiger partial charge is 0.146 e. The van der Waals surface area contributed by atoms with Gasteiger partial charge in [0.05, 0.1) is 5.41 Å². The molecule has 4 aliphatic rings. The minimum atomic E-state index is -0.0873. The number of ketones is 1. The number of hydrogen-bond acceptors (Lipinski definition) is 1. The maximum atomic E-state index is 12.7. The molecule has 1 aromatic carbocycles. The van der Waals surface area contributed by atoms with Crippen LogP contribution in [0.3, 0.4) is 0 Å². The fourth-order valence-corrected chi connectivity index (χ4v) is 4.91. The summed E-state index contributed by atoms with van der Waals surface area (Å²) >= 11 is 0. The molecule has 0 amide bonds. The summed E-state index contributed by atoms with van der Waals surface area (Å²) in [6, 6.07) is 10.6. The van der Waals surface area contributed by atoms with Crippen LogP contribution in [-0.2, 0) is 10.2 Å². The monoisotopic (exact) mass is 226 g/mol. The number of Topliss-reactive ketones (excluding diaryl/α,β-unsaturated/α-hetero) is 1. The molecule has 4 aliphatic carbocycles. The SMILES string of the molecule is O=C1C2C[C@@H]3C[C@H](C2)CC1(c1ccccc1)C3. The van der Waals surface area contributed by atoms with Crippen molar-refractivity contribution in [3.05, 3.63) is 35.9 Å². The zero-order valence-corrected chi connectivity index (χ0v) is 10.1. The molecule has 4 bridgehead atoms. The van der Waals surface area contributed by atoms with E-state index in [9.17, 15) is 4.79 Å². The van der Waals surface area contributed by atoms with E-state index in [1.54, 1.807) is 0 Å². The lowest BCUT2D eigenvalue weighted by molar-refractivity contribution is -0.143. The van der Waals surface area contributed by atoms with Crippen molar-refractivity contribution in [3.8, 4) is 0 Å². The molecule has 0 aliphatic heterocycles. The Bertz CT molecular complexity index is 448. The Kier molecular flexibility index (Phi) is 1.87. The number of carbonyl (C=O) groups excluding carboxylic acids is 1. The first kappa shape index (κ1) is 9.87. The van der Waals surface area contributed by atoms with E-state index in [0.717, 1.165) is 24.7 Å². The fraction of sp³-hybridized carbons (Fsp3) is 0.562. The number of carbonyl (C=O) groups is 1. The lowest BCUT2D eigenvalue weighted by Gasteiger charge is -2.55. The van der Waals surface area contributed by atoms with Gasteiger partial charge in [0.25, 0.3) is 0 Å². The van der Waals surface area contributed by atoms with Gasteiger partial charge in [0.1, 0.15) is 5.78 Å². The molecule has 5 rings (SSSR count). The quantitative estimate of drug-likeness (QED) is 0.718. The summed E-state index contributed by atoms with van der Waals surface area (Å²) in [6.07, 6.45) is 6.01. The minimum Gasteiger partial charge on any atom is -0.298 e. The van der Waals surface area contributed by atoms with Crippen LogP contribution in [0.4, 0.5) is 0 Å². The second kappa shape index (κ2) is 3.22. The normalized spacial score (nSPS) is 43.1. The first-order valence-corrected chi connectivity index (χ1v) is 6.88. The van der Waals surface area contributed by atoms with Crippen LogP contribution in [0.5, 0.6) is 0 Å². The van der Waals surface area contributed by atoms with Gasteiger partial charge in [-0.1, -0.05) is 30.3 Å². The second-order valence-corrected chi connectivity index (χ2v) is 6.36. The Labute approximate surface area is 102 Å². The highest BCUT2D eigenvalue weighted by Crippen LogP contribution is 2.58. The van der Waals surface area contributed by atoms with Crippen molar-refractivity contribution in [2.75, 3.05) is 0 Å². The summed E-state index contributed by atoms with van der Waals surface area (Å²) in [5.74, 6) is 2.60. The topological polar surface area (TPSA) is 17.1 Å². The maximum Gasteiger partial charge on any atom is 0.146 e. The molecule has 17 heavy (non-hydrogen) atoms. The molecular weight excluding hydrogens is 208 g/mol. The Morgan fingerprint density at radius 2 is 1.59 bits per heavy atom. The second-order valence-electron chi connectivity index (χ2n) is 6.36. The fourth-order valence-electron chi connectivity index (χ4n) is 4.91. The predicted octanol–water partition coefficient (Wildman–Crippen LogP) is 3.33. The summed E-state index contributed by atoms with van der Waals surface area (Å²) in [5, 5.41) is 0. The molecule has 0 aromatic heterocycles. The van der Waals surface area contributed by atoms with E-state index in [-0.39, 0.29) is 5.41 Å². The summed E-state index contributed by atoms with van der Waals surface area (Å²) in [6.45, 7) is 0. The summed E-state index contributed by atoms with van der Waals surface area (Å²) in [5.41, 5.74) is 1.21. The Morgan fingerprint density at radius 1 is 0.941 bits per heavy atom. The standard InChI is InChI=1S/C16H18O/c17-15-13-7-11-6-12(8-13)10-16(15,9-11)14-4-2-1-3-5-14/h1-5,11-13H,6-10H2/t11-,12+,13?,16?. The van der Waals surface area contributed by atoms with Gasteiger partial charge in [-0.3, -0.25) is 4.79 Å². The van der Waals surface area contributed by atoms with Crippen molar-refractivity contribution in [2.45, 2.75) is 37.5 Å². The van der Waals surface area contributed by atoms with Gasteiger partial charge in [-0.15, -0.1) is 0 Å². The van der Waals surface area contributed by atoms with Gasteiger partial charge in [-0.2, -0.15) is 0 Å². The molecule has 4 fully saturated rings. The summed E-state index contributed by atoms with van der Waals surface area (Å²) in [4.78, 5) is 12.7. The highest BCUT2D eigenvalue weighted by atomic mass is 16.1. The molecule has 0 radical (unpaired) electrons. The number of benzene rings is 1. The molecule has 0 N–H and O–H groups in total. The molecule has 4 atom stereocenters. The van der Waals surface area contributed by atoms with E-state index in [1.165, 1.54) is 24.8 Å². The first-order valence-electron chi connectivity index (χ1n) is 6.88. The van der Waals surface area contributed by atoms with Crippen molar-refractivity contribution in [2.24, 2.45) is 17.8 Å². The van der Waals surface area contributed by atoms with E-state index in [4.69, 9.17) is 0 Å². The molecule has 1 aromatic rings. The number of rotatable bonds is 1. The Morgan fingerprint density at radius 3 is 2.24 bits per heavy atom. The molecule has 88 valence electrons. The van der Waals surface area contributed by atoms with Crippen molar-refractivity contribution in [1.82, 2.24) is 0 Å². The zero-order valence-electron chi connectivity index (χ0n) is 10.1. The van der Waals surface area contributed by atoms with Crippen LogP contribution in [0.25, 0.3) is 0 Å². The van der Waals surface area contributed by atoms with E-state index in [2.05, 4.69) is 30.3 Å². The van der Waals surface area contributed by atoms with E-state index in [1.807, 2.05) is 0 Å². The van der Waals surface area contributed by atoms with Gasteiger partial charge < -0.3 is 0 Å². The van der Waals surface area contributed by atoms with Crippen LogP contribution in [-0.4, -0.2) is 5.78 Å². The van der Waals surface area contributed by atoms with Gasteiger partial charge in [-0.05, 0) is 49.5 Å². The average Bonchev–Trinajstić information content (AvgIpc) is 2.36. The highest BCUT2D eigenvalue weighted by Gasteiger charge is 2.57. The van der Waals surface area contributed by atoms with Crippen LogP contribution in [0.1, 0.15) is 37.7 Å². The highest BCUT2D eigenvalue weighted by molar-refractivity contribution is 5.94. The van der Waals surface area contributed by atoms with Gasteiger partial charge in [0.2, 0.25) is 0 Å². The third kappa shape index (κ3) is 1.23. The lowest BCUT2D eigenvalue weighted by atomic mass is 9.47. The Balaban J connectivity index is 1.84. The number of hydrogen-bond donors (Lipinski definition) is 0. The molecule has 0 heterocycles. The van der Waals surface area contributed by atoms with Crippen LogP contribution in [0, 0.1) is 17.8 Å². The van der Waals surface area contributed by atoms with Crippen molar-refractivity contribution in [3.63, 3.8) is 0 Å². The average molecular weight is 226 g/mol. The third-order valence-corrected chi connectivity index (χ3v) is 5.35. The van der Waals surface area contributed by atoms with Crippen LogP contribution in [0.2, 0.25) is 0 Å². The molecule has 0 saturated heterocycles. The summed E-state index contributed by atoms with van der Waals surface area (Å²) < 4.78 is 0. The Hall–Kier alpha value is -1.11. The molecule has 2 unspecified atom stereocenters. The van der Waals surface area contributed by atoms with Crippen LogP contribution in [0.15, 0.2) is 30.3 Å². The predicted molar refractivity (Wildman–Crippen MR) is 66.7 cm³/mol. The molecule has 0 spiro atoms. The molecule has 4 saturated carbocycles. The van der Waals surface area contributed by atoms with Gasteiger partial charge in [-0.25, -0.2) is 0 Å². The van der Waals surface area contributed by atoms with Gasteiger partial charge in [0.15, 0.2) is 0 Å². The van der Waals surface area contributed by atoms with E-state index >= 15 is 0 Å². The van der Waals surface area contributed by atoms with Crippen molar-refractivity contribution >= 4 is 5.78 Å². The largest absolute Gasteiger partial charge is 0.298 e. The van der Waals surface area contributed by atoms with Crippen molar-refractivity contribution < 1.29 is 4.79 Å². The summed E-state index contributed by atoms with van der Waals surface area (Å²) in [7, 11) is 0. The van der Waals surface area contributed by atoms with Crippen LogP contribution < -0.4 is 0 Å². The van der Waals surface area contributed by atoms with Crippen LogP contribution >= 0.6 is 0 Å². The van der Waals surface area contributed by atoms with E-state index < -0.39 is 0 Å². The zero-order chi connectivity index (χ0) is 11.5. The first-order chi connectivity index (χ1) is 8.28. The minimum absolute atomic E-state index is 0.0873.